The smallest absolute Gasteiger partial charge is 0.130 e. The van der Waals surface area contributed by atoms with Gasteiger partial charge < -0.3 is 4.98 Å². The number of benzene rings is 2. The zero-order valence-corrected chi connectivity index (χ0v) is 14.3. The first-order valence-electron chi connectivity index (χ1n) is 9.03. The molecule has 122 valence electrons. The van der Waals surface area contributed by atoms with E-state index < -0.39 is 0 Å². The molecule has 0 radical (unpaired) electrons. The average molecular weight is 316 g/mol. The summed E-state index contributed by atoms with van der Waals surface area (Å²) >= 11 is 0. The van der Waals surface area contributed by atoms with E-state index >= 15 is 0 Å². The molecule has 0 bridgehead atoms. The number of aryl methyl sites for hydroxylation is 1. The first kappa shape index (κ1) is 15.2. The lowest BCUT2D eigenvalue weighted by molar-refractivity contribution is 0.420. The van der Waals surface area contributed by atoms with Crippen LogP contribution in [0.15, 0.2) is 48.5 Å². The maximum atomic E-state index is 4.77. The van der Waals surface area contributed by atoms with Gasteiger partial charge in [0.05, 0.1) is 11.0 Å². The predicted molar refractivity (Wildman–Crippen MR) is 102 cm³/mol. The van der Waals surface area contributed by atoms with E-state index in [-0.39, 0.29) is 0 Å². The number of allylic oxidation sites excluding steroid dienone is 1. The van der Waals surface area contributed by atoms with Crippen LogP contribution in [0.1, 0.15) is 43.5 Å². The second kappa shape index (κ2) is 6.64. The number of H-pyrrole nitrogens is 1. The quantitative estimate of drug-likeness (QED) is 0.618. The molecule has 1 fully saturated rings. The molecule has 0 unspecified atom stereocenters. The molecule has 1 aliphatic carbocycles. The lowest BCUT2D eigenvalue weighted by Gasteiger charge is -2.17. The Labute approximate surface area is 143 Å². The van der Waals surface area contributed by atoms with Crippen molar-refractivity contribution in [3.05, 3.63) is 59.9 Å². The number of nitrogens with one attached hydrogen (secondary N) is 1. The number of aromatic nitrogens is 2. The largest absolute Gasteiger partial charge is 0.338 e. The highest BCUT2D eigenvalue weighted by Crippen LogP contribution is 2.27. The minimum atomic E-state index is 0.731. The molecule has 24 heavy (non-hydrogen) atoms. The second-order valence-corrected chi connectivity index (χ2v) is 6.93. The van der Waals surface area contributed by atoms with Crippen molar-refractivity contribution in [1.82, 2.24) is 9.97 Å². The van der Waals surface area contributed by atoms with E-state index in [4.69, 9.17) is 4.98 Å². The zero-order chi connectivity index (χ0) is 16.4. The summed E-state index contributed by atoms with van der Waals surface area (Å²) in [5.41, 5.74) is 5.95. The molecule has 1 aliphatic rings. The summed E-state index contributed by atoms with van der Waals surface area (Å²) in [6, 6.07) is 15.0. The van der Waals surface area contributed by atoms with Crippen LogP contribution in [-0.4, -0.2) is 9.97 Å². The van der Waals surface area contributed by atoms with Crippen LogP contribution in [0.3, 0.4) is 0 Å². The van der Waals surface area contributed by atoms with Gasteiger partial charge in [0.1, 0.15) is 5.82 Å². The predicted octanol–water partition coefficient (Wildman–Crippen LogP) is 6.13. The molecule has 3 aromatic rings. The molecule has 1 heterocycles. The topological polar surface area (TPSA) is 28.7 Å². The maximum absolute atomic E-state index is 4.77. The van der Waals surface area contributed by atoms with Gasteiger partial charge in [-0.05, 0) is 60.6 Å². The Morgan fingerprint density at radius 1 is 1.04 bits per heavy atom. The van der Waals surface area contributed by atoms with Gasteiger partial charge in [0.25, 0.3) is 0 Å². The van der Waals surface area contributed by atoms with Crippen molar-refractivity contribution < 1.29 is 0 Å². The van der Waals surface area contributed by atoms with E-state index in [2.05, 4.69) is 66.5 Å². The van der Waals surface area contributed by atoms with E-state index in [0.29, 0.717) is 0 Å². The maximum Gasteiger partial charge on any atom is 0.130 e. The Balaban J connectivity index is 1.61. The number of hydrogen-bond donors (Lipinski definition) is 1. The molecule has 1 N–H and O–H groups in total. The molecule has 0 amide bonds. The van der Waals surface area contributed by atoms with Crippen LogP contribution in [0.2, 0.25) is 0 Å². The van der Waals surface area contributed by atoms with E-state index in [1.54, 1.807) is 0 Å². The normalized spacial score (nSPS) is 16.2. The summed E-state index contributed by atoms with van der Waals surface area (Å²) in [6.45, 7) is 2.16. The molecule has 4 rings (SSSR count). The van der Waals surface area contributed by atoms with Crippen molar-refractivity contribution >= 4 is 17.1 Å². The van der Waals surface area contributed by atoms with Gasteiger partial charge in [-0.1, -0.05) is 55.7 Å². The molecular weight excluding hydrogens is 292 g/mol. The Kier molecular flexibility index (Phi) is 4.20. The van der Waals surface area contributed by atoms with Gasteiger partial charge in [0.2, 0.25) is 0 Å². The van der Waals surface area contributed by atoms with Crippen LogP contribution in [0, 0.1) is 12.8 Å². The molecule has 1 aromatic heterocycles. The standard InChI is InChI=1S/C22H24N2/c1-16-7-5-6-10-19(16)18-12-13-20-21(15-18)24-22(23-20)14-11-17-8-3-2-4-9-17/h5-7,10-15,17H,2-4,8-9H2,1H3,(H,23,24)/b14-11+. The van der Waals surface area contributed by atoms with E-state index in [0.717, 1.165) is 22.8 Å². The summed E-state index contributed by atoms with van der Waals surface area (Å²) in [7, 11) is 0. The minimum absolute atomic E-state index is 0.731. The lowest BCUT2D eigenvalue weighted by atomic mass is 9.89. The third kappa shape index (κ3) is 3.14. The SMILES string of the molecule is Cc1ccccc1-c1ccc2[nH]c(/C=C/C3CCCCC3)nc2c1. The molecule has 0 saturated heterocycles. The summed E-state index contributed by atoms with van der Waals surface area (Å²) in [6.07, 6.45) is 11.3. The fraction of sp³-hybridized carbons (Fsp3) is 0.318. The van der Waals surface area contributed by atoms with Gasteiger partial charge in [-0.3, -0.25) is 0 Å². The Hall–Kier alpha value is -2.35. The van der Waals surface area contributed by atoms with Crippen LogP contribution in [0.4, 0.5) is 0 Å². The van der Waals surface area contributed by atoms with Crippen molar-refractivity contribution in [2.75, 3.05) is 0 Å². The van der Waals surface area contributed by atoms with E-state index in [1.807, 2.05) is 0 Å². The van der Waals surface area contributed by atoms with Crippen LogP contribution >= 0.6 is 0 Å². The van der Waals surface area contributed by atoms with Crippen molar-refractivity contribution in [1.29, 1.82) is 0 Å². The van der Waals surface area contributed by atoms with Crippen LogP contribution < -0.4 is 0 Å². The van der Waals surface area contributed by atoms with Crippen LogP contribution in [-0.2, 0) is 0 Å². The average Bonchev–Trinajstić information content (AvgIpc) is 3.03. The number of rotatable bonds is 3. The molecule has 2 aromatic carbocycles. The van der Waals surface area contributed by atoms with Gasteiger partial charge in [-0.15, -0.1) is 0 Å². The zero-order valence-electron chi connectivity index (χ0n) is 14.3. The summed E-state index contributed by atoms with van der Waals surface area (Å²) in [4.78, 5) is 8.20. The molecule has 1 saturated carbocycles. The highest BCUT2D eigenvalue weighted by Gasteiger charge is 2.10. The third-order valence-corrected chi connectivity index (χ3v) is 5.13. The van der Waals surface area contributed by atoms with Crippen molar-refractivity contribution in [3.63, 3.8) is 0 Å². The first-order valence-corrected chi connectivity index (χ1v) is 9.03. The van der Waals surface area contributed by atoms with E-state index in [9.17, 15) is 0 Å². The van der Waals surface area contributed by atoms with Gasteiger partial charge >= 0.3 is 0 Å². The Bertz CT molecular complexity index is 867. The van der Waals surface area contributed by atoms with Gasteiger partial charge in [-0.2, -0.15) is 0 Å². The molecule has 2 heteroatoms. The lowest BCUT2D eigenvalue weighted by Crippen LogP contribution is -2.02. The summed E-state index contributed by atoms with van der Waals surface area (Å²) in [5.74, 6) is 1.70. The first-order chi connectivity index (χ1) is 11.8. The van der Waals surface area contributed by atoms with Gasteiger partial charge in [-0.25, -0.2) is 4.98 Å². The van der Waals surface area contributed by atoms with Crippen molar-refractivity contribution in [2.45, 2.75) is 39.0 Å². The fourth-order valence-electron chi connectivity index (χ4n) is 3.72. The molecule has 2 nitrogen and oxygen atoms in total. The number of nitrogens with zero attached hydrogens (tertiary/aromatic N) is 1. The molecule has 0 aliphatic heterocycles. The number of hydrogen-bond acceptors (Lipinski definition) is 1. The monoisotopic (exact) mass is 316 g/mol. The molecule has 0 spiro atoms. The van der Waals surface area contributed by atoms with Crippen LogP contribution in [0.25, 0.3) is 28.2 Å². The summed E-state index contributed by atoms with van der Waals surface area (Å²) < 4.78 is 0. The Morgan fingerprint density at radius 2 is 1.88 bits per heavy atom. The third-order valence-electron chi connectivity index (χ3n) is 5.13. The second-order valence-electron chi connectivity index (χ2n) is 6.93. The highest BCUT2D eigenvalue weighted by molar-refractivity contribution is 5.83. The highest BCUT2D eigenvalue weighted by atomic mass is 14.9. The fourth-order valence-corrected chi connectivity index (χ4v) is 3.72. The molecular formula is C22H24N2. The number of aromatic amines is 1. The number of fused-ring (bicyclic) bond motifs is 1. The van der Waals surface area contributed by atoms with Crippen molar-refractivity contribution in [2.24, 2.45) is 5.92 Å². The van der Waals surface area contributed by atoms with E-state index in [1.165, 1.54) is 48.8 Å². The van der Waals surface area contributed by atoms with Gasteiger partial charge in [0, 0.05) is 0 Å². The van der Waals surface area contributed by atoms with Crippen molar-refractivity contribution in [3.8, 4) is 11.1 Å². The number of imidazole rings is 1. The minimum Gasteiger partial charge on any atom is -0.338 e. The van der Waals surface area contributed by atoms with Crippen LogP contribution in [0.5, 0.6) is 0 Å². The Morgan fingerprint density at radius 3 is 2.71 bits per heavy atom. The molecule has 0 atom stereocenters. The van der Waals surface area contributed by atoms with Gasteiger partial charge in [0.15, 0.2) is 0 Å². The summed E-state index contributed by atoms with van der Waals surface area (Å²) in [5, 5.41) is 0.